The lowest BCUT2D eigenvalue weighted by Crippen LogP contribution is -2.46. The quantitative estimate of drug-likeness (QED) is 0.0485. The van der Waals surface area contributed by atoms with Crippen molar-refractivity contribution in [2.24, 2.45) is 7.05 Å². The van der Waals surface area contributed by atoms with E-state index >= 15 is 0 Å². The summed E-state index contributed by atoms with van der Waals surface area (Å²) >= 11 is 0. The maximum absolute atomic E-state index is 12.5. The highest BCUT2D eigenvalue weighted by atomic mass is 31.3. The number of nitrogens with two attached hydrogens (primary N) is 2. The number of nitrogen functional groups attached to an aromatic ring is 2. The van der Waals surface area contributed by atoms with Gasteiger partial charge in [-0.25, -0.2) is 33.2 Å². The largest absolute Gasteiger partial charge is 0.490 e. The summed E-state index contributed by atoms with van der Waals surface area (Å²) in [5.41, 5.74) is 10.9. The number of aliphatic hydroxyl groups is 4. The van der Waals surface area contributed by atoms with Crippen molar-refractivity contribution in [2.45, 2.75) is 49.1 Å². The molecule has 27 nitrogen and oxygen atoms in total. The van der Waals surface area contributed by atoms with Crippen molar-refractivity contribution >= 4 is 57.6 Å². The number of imidazole rings is 2. The van der Waals surface area contributed by atoms with Crippen LogP contribution in [-0.4, -0.2) is 119 Å². The van der Waals surface area contributed by atoms with Gasteiger partial charge in [0.2, 0.25) is 11.7 Å². The number of aromatic amines is 1. The number of aliphatic hydroxyl groups excluding tert-OH is 4. The van der Waals surface area contributed by atoms with Gasteiger partial charge in [-0.15, -0.1) is 0 Å². The molecule has 12 N–H and O–H groups in total. The number of nitrogens with one attached hydrogen (secondary N) is 1. The molecule has 2 fully saturated rings. The molecule has 30 heteroatoms. The molecule has 51 heavy (non-hydrogen) atoms. The highest BCUT2D eigenvalue weighted by Crippen LogP contribution is 2.67. The zero-order valence-corrected chi connectivity index (χ0v) is 28.3. The first kappa shape index (κ1) is 37.4. The van der Waals surface area contributed by atoms with Gasteiger partial charge in [-0.3, -0.25) is 28.0 Å². The van der Waals surface area contributed by atoms with Crippen LogP contribution in [0.2, 0.25) is 0 Å². The van der Waals surface area contributed by atoms with Crippen LogP contribution in [0.25, 0.3) is 22.3 Å². The minimum Gasteiger partial charge on any atom is -0.387 e. The van der Waals surface area contributed by atoms with Gasteiger partial charge >= 0.3 is 29.1 Å². The molecule has 2 aliphatic rings. The molecule has 0 amide bonds. The summed E-state index contributed by atoms with van der Waals surface area (Å²) in [5.74, 6) is -0.263. The second-order valence-electron chi connectivity index (χ2n) is 11.1. The molecule has 280 valence electrons. The number of fused-ring (bicyclic) bond motifs is 2. The van der Waals surface area contributed by atoms with Gasteiger partial charge in [-0.2, -0.15) is 8.62 Å². The number of hydrogen-bond donors (Lipinski definition) is 10. The molecular formula is C21H30N10O17P3+. The number of rotatable bonds is 12. The third kappa shape index (κ3) is 7.47. The van der Waals surface area contributed by atoms with Gasteiger partial charge in [-0.05, 0) is 0 Å². The van der Waals surface area contributed by atoms with Crippen LogP contribution in [0.15, 0.2) is 23.8 Å². The lowest BCUT2D eigenvalue weighted by Gasteiger charge is -2.21. The van der Waals surface area contributed by atoms with E-state index in [1.165, 1.54) is 28.8 Å². The summed E-state index contributed by atoms with van der Waals surface area (Å²) in [6.45, 7) is -2.10. The van der Waals surface area contributed by atoms with Crippen molar-refractivity contribution in [2.75, 3.05) is 24.7 Å². The van der Waals surface area contributed by atoms with E-state index in [2.05, 4.69) is 42.6 Å². The van der Waals surface area contributed by atoms with Crippen molar-refractivity contribution in [3.05, 3.63) is 29.3 Å². The van der Waals surface area contributed by atoms with E-state index in [0.29, 0.717) is 0 Å². The number of ether oxygens (including phenoxy) is 2. The number of phosphoric acid groups is 3. The fourth-order valence-corrected chi connectivity index (χ4v) is 8.88. The van der Waals surface area contributed by atoms with Gasteiger partial charge in [0.1, 0.15) is 48.5 Å². The van der Waals surface area contributed by atoms with E-state index in [1.807, 2.05) is 0 Å². The van der Waals surface area contributed by atoms with Crippen molar-refractivity contribution < 1.29 is 80.5 Å². The third-order valence-electron chi connectivity index (χ3n) is 7.62. The molecule has 0 spiro atoms. The highest BCUT2D eigenvalue weighted by molar-refractivity contribution is 7.66. The standard InChI is InChI=1S/C21H29N10O17P3/c1-29-6-31(17-10(29)18(36)28-21(23)27-17)20-14(35)12(33)8(46-20)3-44-50(39,40)48-51(41,42)47-49(37,38)43-2-7-11(32)13(34)19(45-7)30-5-26-9-15(22)24-4-25-16(9)30/h4-8,11-14,19-20,32-35H,2-3H2,1H3,(H7-,22,23,24,25,27,28,36,37,38,39,40,41,42)/p+1/t7-,8+,11+,12-,13+,14-,19+,20+/m1/s1. The van der Waals surface area contributed by atoms with E-state index in [-0.39, 0.29) is 34.1 Å². The van der Waals surface area contributed by atoms with Gasteiger partial charge in [-0.1, -0.05) is 4.98 Å². The van der Waals surface area contributed by atoms with E-state index in [0.717, 1.165) is 10.9 Å². The SMILES string of the molecule is Cn1c[n+]([C@H]2O[C@@H](COP(=O)(O)OP(=O)(O)OP(=O)(O)OC[C@H]3O[C@H](n4cnc5c(N)ncnc54)[C@@H](O)[C@H]3O)[C@@H](O)[C@H]2O)c2nc(N)[nH]c(=O)c21. The average molecular weight is 787 g/mol. The summed E-state index contributed by atoms with van der Waals surface area (Å²) in [6, 6.07) is 0. The predicted molar refractivity (Wildman–Crippen MR) is 161 cm³/mol. The molecule has 4 aromatic rings. The molecule has 0 aliphatic carbocycles. The number of anilines is 2. The van der Waals surface area contributed by atoms with Crippen LogP contribution in [0, 0.1) is 0 Å². The van der Waals surface area contributed by atoms with E-state index in [9.17, 15) is 53.6 Å². The molecule has 3 unspecified atom stereocenters. The van der Waals surface area contributed by atoms with Crippen LogP contribution >= 0.6 is 23.5 Å². The lowest BCUT2D eigenvalue weighted by atomic mass is 10.1. The van der Waals surface area contributed by atoms with Crippen LogP contribution < -0.4 is 21.6 Å². The van der Waals surface area contributed by atoms with Gasteiger partial charge in [0.05, 0.1) is 26.6 Å². The topological polar surface area (TPSA) is 398 Å². The van der Waals surface area contributed by atoms with Crippen LogP contribution in [0.3, 0.4) is 0 Å². The Balaban J connectivity index is 1.04. The predicted octanol–water partition coefficient (Wildman–Crippen LogP) is -3.84. The number of H-pyrrole nitrogens is 1. The number of hydrogen-bond acceptors (Lipinski definition) is 20. The fourth-order valence-electron chi connectivity index (χ4n) is 5.36. The first-order valence-electron chi connectivity index (χ1n) is 14.2. The lowest BCUT2D eigenvalue weighted by molar-refractivity contribution is -0.745. The molecule has 6 heterocycles. The van der Waals surface area contributed by atoms with Gasteiger partial charge in [0.25, 0.3) is 11.5 Å². The molecule has 0 bridgehead atoms. The average Bonchev–Trinajstić information content (AvgIpc) is 3.74. The minimum absolute atomic E-state index is 0.00946. The first-order chi connectivity index (χ1) is 23.8. The molecule has 11 atom stereocenters. The normalized spacial score (nSPS) is 30.4. The van der Waals surface area contributed by atoms with Gasteiger partial charge in [0.15, 0.2) is 24.0 Å². The van der Waals surface area contributed by atoms with Crippen LogP contribution in [0.4, 0.5) is 11.8 Å². The summed E-state index contributed by atoms with van der Waals surface area (Å²) in [6.07, 6.45) is -9.32. The Bertz CT molecular complexity index is 2160. The number of aromatic nitrogens is 8. The third-order valence-corrected chi connectivity index (χ3v) is 11.9. The molecule has 2 saturated heterocycles. The van der Waals surface area contributed by atoms with Crippen molar-refractivity contribution in [3.63, 3.8) is 0 Å². The summed E-state index contributed by atoms with van der Waals surface area (Å²) in [7, 11) is -15.8. The first-order valence-corrected chi connectivity index (χ1v) is 18.7. The zero-order valence-electron chi connectivity index (χ0n) is 25.6. The highest BCUT2D eigenvalue weighted by Gasteiger charge is 2.50. The van der Waals surface area contributed by atoms with E-state index < -0.39 is 91.3 Å². The Labute approximate surface area is 282 Å². The van der Waals surface area contributed by atoms with Gasteiger partial charge < -0.3 is 56.0 Å². The zero-order chi connectivity index (χ0) is 37.2. The molecular weight excluding hydrogens is 757 g/mol. The number of nitrogens with zero attached hydrogens (tertiary/aromatic N) is 7. The Morgan fingerprint density at radius 3 is 2.16 bits per heavy atom. The van der Waals surface area contributed by atoms with E-state index in [1.54, 1.807) is 0 Å². The molecule has 6 rings (SSSR count). The number of aryl methyl sites for hydroxylation is 1. The molecule has 2 aliphatic heterocycles. The van der Waals surface area contributed by atoms with Crippen LogP contribution in [-0.2, 0) is 47.9 Å². The fraction of sp³-hybridized carbons (Fsp3) is 0.524. The summed E-state index contributed by atoms with van der Waals surface area (Å²) < 4.78 is 69.4. The monoisotopic (exact) mass is 787 g/mol. The minimum atomic E-state index is -5.97. The maximum atomic E-state index is 12.5. The summed E-state index contributed by atoms with van der Waals surface area (Å²) in [4.78, 5) is 60.4. The Morgan fingerprint density at radius 1 is 0.902 bits per heavy atom. The van der Waals surface area contributed by atoms with Gasteiger partial charge in [0, 0.05) is 0 Å². The maximum Gasteiger partial charge on any atom is 0.490 e. The van der Waals surface area contributed by atoms with Crippen molar-refractivity contribution in [3.8, 4) is 0 Å². The molecule has 0 saturated carbocycles. The van der Waals surface area contributed by atoms with Crippen LogP contribution in [0.5, 0.6) is 0 Å². The Hall–Kier alpha value is -3.33. The smallest absolute Gasteiger partial charge is 0.387 e. The van der Waals surface area contributed by atoms with Crippen molar-refractivity contribution in [1.82, 2.24) is 34.1 Å². The number of phosphoric ester groups is 2. The molecule has 0 radical (unpaired) electrons. The second-order valence-corrected chi connectivity index (χ2v) is 15.7. The Morgan fingerprint density at radius 2 is 1.51 bits per heavy atom. The summed E-state index contributed by atoms with van der Waals surface area (Å²) in [5, 5.41) is 42.0. The van der Waals surface area contributed by atoms with Crippen molar-refractivity contribution in [1.29, 1.82) is 0 Å². The molecule has 4 aromatic heterocycles. The second kappa shape index (κ2) is 13.6. The van der Waals surface area contributed by atoms with Crippen LogP contribution in [0.1, 0.15) is 12.5 Å². The van der Waals surface area contributed by atoms with E-state index in [4.69, 9.17) is 20.9 Å². The Kier molecular flexibility index (Phi) is 9.96. The molecule has 0 aromatic carbocycles.